The molecule has 0 unspecified atom stereocenters. The Kier molecular flexibility index (Phi) is 2.16. The van der Waals surface area contributed by atoms with Crippen molar-refractivity contribution < 1.29 is 4.65 Å². The van der Waals surface area contributed by atoms with Crippen LogP contribution in [-0.2, 0) is 11.3 Å². The first kappa shape index (κ1) is 8.83. The maximum Gasteiger partial charge on any atom is 0.324 e. The van der Waals surface area contributed by atoms with Gasteiger partial charge in [0.1, 0.15) is 0 Å². The largest absolute Gasteiger partial charge is 0.427 e. The Bertz CT molecular complexity index is 320. The van der Waals surface area contributed by atoms with E-state index in [1.54, 1.807) is 0 Å². The van der Waals surface area contributed by atoms with Crippen molar-refractivity contribution in [3.05, 3.63) is 29.3 Å². The third-order valence-corrected chi connectivity index (χ3v) is 2.79. The van der Waals surface area contributed by atoms with Crippen LogP contribution < -0.4 is 5.46 Å². The molecule has 68 valence electrons. The summed E-state index contributed by atoms with van der Waals surface area (Å²) in [5, 5.41) is 0. The van der Waals surface area contributed by atoms with Crippen LogP contribution in [-0.4, -0.2) is 6.92 Å². The summed E-state index contributed by atoms with van der Waals surface area (Å²) in [6.45, 7) is 7.67. The number of rotatable bonds is 1. The van der Waals surface area contributed by atoms with Crippen LogP contribution in [0.1, 0.15) is 30.9 Å². The highest BCUT2D eigenvalue weighted by Crippen LogP contribution is 2.22. The minimum absolute atomic E-state index is 0.286. The highest BCUT2D eigenvalue weighted by molar-refractivity contribution is 6.67. The first-order valence-corrected chi connectivity index (χ1v) is 4.93. The van der Waals surface area contributed by atoms with Crippen molar-refractivity contribution >= 4 is 12.4 Å². The SMILES string of the molecule is CB1OCc2c1cccc2C(C)C. The second-order valence-electron chi connectivity index (χ2n) is 4.02. The Morgan fingerprint density at radius 1 is 1.38 bits per heavy atom. The lowest BCUT2D eigenvalue weighted by Gasteiger charge is -2.10. The predicted octanol–water partition coefficient (Wildman–Crippen LogP) is 2.17. The van der Waals surface area contributed by atoms with Gasteiger partial charge in [0.25, 0.3) is 0 Å². The molecule has 0 aromatic heterocycles. The topological polar surface area (TPSA) is 9.23 Å². The first-order valence-electron chi connectivity index (χ1n) is 4.93. The molecule has 1 aromatic carbocycles. The van der Waals surface area contributed by atoms with Crippen molar-refractivity contribution in [2.75, 3.05) is 0 Å². The molecule has 0 saturated heterocycles. The van der Waals surface area contributed by atoms with Crippen LogP contribution >= 0.6 is 0 Å². The maximum absolute atomic E-state index is 5.61. The van der Waals surface area contributed by atoms with Crippen molar-refractivity contribution in [2.45, 2.75) is 33.2 Å². The van der Waals surface area contributed by atoms with Crippen molar-refractivity contribution in [3.63, 3.8) is 0 Å². The molecule has 0 bridgehead atoms. The summed E-state index contributed by atoms with van der Waals surface area (Å²) in [4.78, 5) is 0. The third-order valence-electron chi connectivity index (χ3n) is 2.79. The molecule has 0 N–H and O–H groups in total. The summed E-state index contributed by atoms with van der Waals surface area (Å²) in [5.74, 6) is 0.601. The fraction of sp³-hybridized carbons (Fsp3) is 0.455. The highest BCUT2D eigenvalue weighted by atomic mass is 16.4. The molecule has 2 heteroatoms. The van der Waals surface area contributed by atoms with Gasteiger partial charge in [-0.25, -0.2) is 0 Å². The molecule has 0 radical (unpaired) electrons. The van der Waals surface area contributed by atoms with E-state index in [4.69, 9.17) is 4.65 Å². The average Bonchev–Trinajstić information content (AvgIpc) is 2.48. The zero-order valence-corrected chi connectivity index (χ0v) is 8.50. The molecule has 0 atom stereocenters. The molecule has 0 aliphatic carbocycles. The van der Waals surface area contributed by atoms with E-state index in [0.717, 1.165) is 6.61 Å². The number of fused-ring (bicyclic) bond motifs is 1. The van der Waals surface area contributed by atoms with Crippen LogP contribution in [0.25, 0.3) is 0 Å². The summed E-state index contributed by atoms with van der Waals surface area (Å²) in [6, 6.07) is 6.53. The van der Waals surface area contributed by atoms with E-state index in [9.17, 15) is 0 Å². The third kappa shape index (κ3) is 1.40. The maximum atomic E-state index is 5.61. The van der Waals surface area contributed by atoms with Gasteiger partial charge < -0.3 is 4.65 Å². The summed E-state index contributed by atoms with van der Waals surface area (Å²) >= 11 is 0. The lowest BCUT2D eigenvalue weighted by Crippen LogP contribution is -2.24. The molecule has 1 aromatic rings. The Morgan fingerprint density at radius 3 is 2.85 bits per heavy atom. The summed E-state index contributed by atoms with van der Waals surface area (Å²) in [7, 11) is 0. The molecule has 0 amide bonds. The number of hydrogen-bond acceptors (Lipinski definition) is 1. The van der Waals surface area contributed by atoms with Crippen LogP contribution in [0.15, 0.2) is 18.2 Å². The second kappa shape index (κ2) is 3.19. The van der Waals surface area contributed by atoms with E-state index in [1.807, 2.05) is 0 Å². The van der Waals surface area contributed by atoms with E-state index < -0.39 is 0 Å². The van der Waals surface area contributed by atoms with Crippen molar-refractivity contribution in [2.24, 2.45) is 0 Å². The Morgan fingerprint density at radius 2 is 2.15 bits per heavy atom. The monoisotopic (exact) mass is 174 g/mol. The summed E-state index contributed by atoms with van der Waals surface area (Å²) in [5.41, 5.74) is 4.25. The van der Waals surface area contributed by atoms with Gasteiger partial charge in [-0.15, -0.1) is 0 Å². The molecule has 0 saturated carbocycles. The molecule has 2 rings (SSSR count). The smallest absolute Gasteiger partial charge is 0.324 e. The Labute approximate surface area is 80.2 Å². The van der Waals surface area contributed by atoms with Crippen molar-refractivity contribution in [3.8, 4) is 0 Å². The van der Waals surface area contributed by atoms with Crippen molar-refractivity contribution in [1.29, 1.82) is 0 Å². The van der Waals surface area contributed by atoms with Gasteiger partial charge in [0.05, 0.1) is 6.61 Å². The minimum Gasteiger partial charge on any atom is -0.427 e. The quantitative estimate of drug-likeness (QED) is 0.593. The Hall–Kier alpha value is -0.755. The van der Waals surface area contributed by atoms with E-state index >= 15 is 0 Å². The predicted molar refractivity (Wildman–Crippen MR) is 56.6 cm³/mol. The zero-order chi connectivity index (χ0) is 9.42. The average molecular weight is 174 g/mol. The fourth-order valence-corrected chi connectivity index (χ4v) is 2.01. The molecule has 1 aliphatic heterocycles. The van der Waals surface area contributed by atoms with Crippen LogP contribution in [0.2, 0.25) is 6.82 Å². The van der Waals surface area contributed by atoms with Gasteiger partial charge >= 0.3 is 6.92 Å². The molecule has 1 aliphatic rings. The van der Waals surface area contributed by atoms with Gasteiger partial charge in [-0.1, -0.05) is 38.9 Å². The van der Waals surface area contributed by atoms with Crippen LogP contribution in [0.4, 0.5) is 0 Å². The van der Waals surface area contributed by atoms with Crippen molar-refractivity contribution in [1.82, 2.24) is 0 Å². The normalized spacial score (nSPS) is 15.2. The lowest BCUT2D eigenvalue weighted by molar-refractivity contribution is 0.332. The van der Waals surface area contributed by atoms with E-state index in [1.165, 1.54) is 16.6 Å². The molecule has 1 nitrogen and oxygen atoms in total. The first-order chi connectivity index (χ1) is 6.20. The fourth-order valence-electron chi connectivity index (χ4n) is 2.01. The number of hydrogen-bond donors (Lipinski definition) is 0. The van der Waals surface area contributed by atoms with E-state index in [2.05, 4.69) is 38.9 Å². The van der Waals surface area contributed by atoms with Crippen LogP contribution in [0.5, 0.6) is 0 Å². The van der Waals surface area contributed by atoms with Gasteiger partial charge in [-0.05, 0) is 22.5 Å². The molecule has 13 heavy (non-hydrogen) atoms. The van der Waals surface area contributed by atoms with Gasteiger partial charge in [0.2, 0.25) is 0 Å². The summed E-state index contributed by atoms with van der Waals surface area (Å²) in [6.07, 6.45) is 0. The van der Waals surface area contributed by atoms with Gasteiger partial charge in [-0.2, -0.15) is 0 Å². The van der Waals surface area contributed by atoms with Gasteiger partial charge in [-0.3, -0.25) is 0 Å². The number of benzene rings is 1. The van der Waals surface area contributed by atoms with E-state index in [0.29, 0.717) is 5.92 Å². The van der Waals surface area contributed by atoms with Crippen LogP contribution in [0.3, 0.4) is 0 Å². The minimum atomic E-state index is 0.286. The lowest BCUT2D eigenvalue weighted by atomic mass is 9.63. The Balaban J connectivity index is 2.51. The highest BCUT2D eigenvalue weighted by Gasteiger charge is 2.25. The van der Waals surface area contributed by atoms with Crippen LogP contribution in [0, 0.1) is 0 Å². The van der Waals surface area contributed by atoms with E-state index in [-0.39, 0.29) is 6.92 Å². The molecular formula is C11H15BO. The van der Waals surface area contributed by atoms with Gasteiger partial charge in [0, 0.05) is 0 Å². The molecule has 0 fully saturated rings. The standard InChI is InChI=1S/C11H15BO/c1-8(2)9-5-4-6-11-10(9)7-13-12(11)3/h4-6,8H,7H2,1-3H3. The second-order valence-corrected chi connectivity index (χ2v) is 4.02. The molecular weight excluding hydrogens is 159 g/mol. The molecule has 1 heterocycles. The zero-order valence-electron chi connectivity index (χ0n) is 8.50. The van der Waals surface area contributed by atoms with Gasteiger partial charge in [0.15, 0.2) is 0 Å². The summed E-state index contributed by atoms with van der Waals surface area (Å²) < 4.78 is 5.61. The molecule has 0 spiro atoms.